The first-order valence-electron chi connectivity index (χ1n) is 9.06. The van der Waals surface area contributed by atoms with Crippen LogP contribution in [0.4, 0.5) is 0 Å². The molecule has 1 atom stereocenters. The zero-order valence-electron chi connectivity index (χ0n) is 14.3. The molecule has 4 heterocycles. The van der Waals surface area contributed by atoms with Crippen LogP contribution in [0.5, 0.6) is 11.5 Å². The van der Waals surface area contributed by atoms with Gasteiger partial charge in [-0.15, -0.1) is 5.10 Å². The fourth-order valence-electron chi connectivity index (χ4n) is 4.41. The van der Waals surface area contributed by atoms with E-state index >= 15 is 0 Å². The molecule has 0 amide bonds. The summed E-state index contributed by atoms with van der Waals surface area (Å²) in [6.45, 7) is 2.27. The molecule has 0 saturated carbocycles. The second kappa shape index (κ2) is 5.32. The topological polar surface area (TPSA) is 52.4 Å². The number of benzene rings is 2. The molecular weight excluding hydrogens is 328 g/mol. The first-order valence-corrected chi connectivity index (χ1v) is 9.06. The van der Waals surface area contributed by atoms with Gasteiger partial charge in [0.15, 0.2) is 11.5 Å². The number of aromatic nitrogens is 3. The van der Waals surface area contributed by atoms with Crippen LogP contribution < -0.4 is 9.47 Å². The van der Waals surface area contributed by atoms with E-state index in [2.05, 4.69) is 45.5 Å². The van der Waals surface area contributed by atoms with Gasteiger partial charge in [-0.3, -0.25) is 4.90 Å². The summed E-state index contributed by atoms with van der Waals surface area (Å²) in [5.74, 6) is 1.61. The lowest BCUT2D eigenvalue weighted by molar-refractivity contribution is 0.173. The maximum Gasteiger partial charge on any atom is 0.231 e. The standard InChI is InChI=1S/C20H18N4O2/c1-2-5-13(6-3-1)19-20-15-7-4-8-23(15)11-14-9-17-18(26-12-25-17)10-16(14)24(20)22-21-19/h1-3,5-6,9-10,15H,4,7-8,11-12H2. The van der Waals surface area contributed by atoms with Crippen molar-refractivity contribution in [3.63, 3.8) is 0 Å². The Labute approximate surface area is 151 Å². The SMILES string of the molecule is c1ccc(-c2nnn3c2C2CCCN2Cc2cc4c(cc2-3)OCO4)cc1. The van der Waals surface area contributed by atoms with Crippen molar-refractivity contribution in [1.29, 1.82) is 0 Å². The highest BCUT2D eigenvalue weighted by molar-refractivity contribution is 5.65. The molecule has 6 heteroatoms. The second-order valence-electron chi connectivity index (χ2n) is 7.06. The van der Waals surface area contributed by atoms with Gasteiger partial charge in [0.1, 0.15) is 5.69 Å². The summed E-state index contributed by atoms with van der Waals surface area (Å²) in [6.07, 6.45) is 2.33. The highest BCUT2D eigenvalue weighted by Gasteiger charge is 2.36. The Morgan fingerprint density at radius 3 is 2.77 bits per heavy atom. The minimum atomic E-state index is 0.282. The van der Waals surface area contributed by atoms with Gasteiger partial charge in [-0.25, -0.2) is 4.68 Å². The van der Waals surface area contributed by atoms with Gasteiger partial charge in [0.05, 0.1) is 17.4 Å². The Bertz CT molecular complexity index is 999. The third-order valence-corrected chi connectivity index (χ3v) is 5.61. The number of hydrogen-bond acceptors (Lipinski definition) is 5. The predicted octanol–water partition coefficient (Wildman–Crippen LogP) is 3.31. The van der Waals surface area contributed by atoms with E-state index in [0.717, 1.165) is 48.0 Å². The lowest BCUT2D eigenvalue weighted by Gasteiger charge is -2.22. The average molecular weight is 346 g/mol. The molecule has 0 bridgehead atoms. The van der Waals surface area contributed by atoms with Crippen LogP contribution in [0.1, 0.15) is 30.1 Å². The molecular formula is C20H18N4O2. The zero-order valence-corrected chi connectivity index (χ0v) is 14.3. The van der Waals surface area contributed by atoms with Crippen LogP contribution in [0.15, 0.2) is 42.5 Å². The number of nitrogens with zero attached hydrogens (tertiary/aromatic N) is 4. The summed E-state index contributed by atoms with van der Waals surface area (Å²) in [4.78, 5) is 2.54. The number of rotatable bonds is 1. The van der Waals surface area contributed by atoms with Crippen LogP contribution in [0, 0.1) is 0 Å². The fraction of sp³-hybridized carbons (Fsp3) is 0.300. The van der Waals surface area contributed by atoms with Gasteiger partial charge < -0.3 is 9.47 Å². The number of ether oxygens (including phenoxy) is 2. The third-order valence-electron chi connectivity index (χ3n) is 5.61. The molecule has 1 saturated heterocycles. The molecule has 3 aliphatic heterocycles. The summed E-state index contributed by atoms with van der Waals surface area (Å²) in [5, 5.41) is 9.14. The number of hydrogen-bond donors (Lipinski definition) is 0. The van der Waals surface area contributed by atoms with E-state index in [1.807, 2.05) is 16.8 Å². The van der Waals surface area contributed by atoms with Crippen molar-refractivity contribution in [2.75, 3.05) is 13.3 Å². The van der Waals surface area contributed by atoms with Gasteiger partial charge in [-0.1, -0.05) is 35.5 Å². The van der Waals surface area contributed by atoms with Crippen LogP contribution >= 0.6 is 0 Å². The van der Waals surface area contributed by atoms with Gasteiger partial charge in [0.25, 0.3) is 0 Å². The molecule has 0 aliphatic carbocycles. The third kappa shape index (κ3) is 1.96. The Hall–Kier alpha value is -2.86. The van der Waals surface area contributed by atoms with Gasteiger partial charge in [-0.05, 0) is 31.0 Å². The molecule has 0 spiro atoms. The van der Waals surface area contributed by atoms with Crippen LogP contribution in [0.2, 0.25) is 0 Å². The molecule has 1 unspecified atom stereocenters. The van der Waals surface area contributed by atoms with Gasteiger partial charge >= 0.3 is 0 Å². The van der Waals surface area contributed by atoms with Gasteiger partial charge in [0.2, 0.25) is 6.79 Å². The maximum absolute atomic E-state index is 5.61. The lowest BCUT2D eigenvalue weighted by atomic mass is 10.0. The van der Waals surface area contributed by atoms with Crippen molar-refractivity contribution in [3.05, 3.63) is 53.7 Å². The summed E-state index contributed by atoms with van der Waals surface area (Å²) >= 11 is 0. The molecule has 6 nitrogen and oxygen atoms in total. The van der Waals surface area contributed by atoms with E-state index in [0.29, 0.717) is 6.04 Å². The Morgan fingerprint density at radius 1 is 1.04 bits per heavy atom. The van der Waals surface area contributed by atoms with Crippen molar-refractivity contribution in [2.24, 2.45) is 0 Å². The quantitative estimate of drug-likeness (QED) is 0.677. The Morgan fingerprint density at radius 2 is 1.88 bits per heavy atom. The van der Waals surface area contributed by atoms with Crippen LogP contribution in [-0.4, -0.2) is 33.2 Å². The van der Waals surface area contributed by atoms with Crippen LogP contribution in [0.3, 0.4) is 0 Å². The van der Waals surface area contributed by atoms with E-state index in [4.69, 9.17) is 9.47 Å². The second-order valence-corrected chi connectivity index (χ2v) is 7.06. The Kier molecular flexibility index (Phi) is 2.93. The van der Waals surface area contributed by atoms with Crippen molar-refractivity contribution < 1.29 is 9.47 Å². The van der Waals surface area contributed by atoms with Gasteiger partial charge in [0, 0.05) is 18.2 Å². The minimum Gasteiger partial charge on any atom is -0.454 e. The van der Waals surface area contributed by atoms with E-state index < -0.39 is 0 Å². The normalized spacial score (nSPS) is 20.4. The summed E-state index contributed by atoms with van der Waals surface area (Å²) < 4.78 is 13.2. The van der Waals surface area contributed by atoms with E-state index in [1.54, 1.807) is 0 Å². The first kappa shape index (κ1) is 14.3. The summed E-state index contributed by atoms with van der Waals surface area (Å²) in [5.41, 5.74) is 5.54. The van der Waals surface area contributed by atoms with Crippen molar-refractivity contribution in [1.82, 2.24) is 19.9 Å². The van der Waals surface area contributed by atoms with Crippen molar-refractivity contribution in [3.8, 4) is 28.4 Å². The van der Waals surface area contributed by atoms with Crippen molar-refractivity contribution >= 4 is 0 Å². The molecule has 2 aromatic carbocycles. The summed E-state index contributed by atoms with van der Waals surface area (Å²) in [6, 6.07) is 14.8. The molecule has 3 aromatic rings. The lowest BCUT2D eigenvalue weighted by Crippen LogP contribution is -2.22. The predicted molar refractivity (Wildman–Crippen MR) is 95.3 cm³/mol. The molecule has 130 valence electrons. The molecule has 0 N–H and O–H groups in total. The first-order chi connectivity index (χ1) is 12.9. The van der Waals surface area contributed by atoms with E-state index in [1.165, 1.54) is 17.7 Å². The van der Waals surface area contributed by atoms with E-state index in [-0.39, 0.29) is 6.79 Å². The fourth-order valence-corrected chi connectivity index (χ4v) is 4.41. The van der Waals surface area contributed by atoms with E-state index in [9.17, 15) is 0 Å². The van der Waals surface area contributed by atoms with Gasteiger partial charge in [-0.2, -0.15) is 0 Å². The van der Waals surface area contributed by atoms with Crippen molar-refractivity contribution in [2.45, 2.75) is 25.4 Å². The maximum atomic E-state index is 5.61. The molecule has 6 rings (SSSR count). The molecule has 1 fully saturated rings. The van der Waals surface area contributed by atoms with Crippen LogP contribution in [0.25, 0.3) is 16.9 Å². The monoisotopic (exact) mass is 346 g/mol. The molecule has 1 aromatic heterocycles. The number of fused-ring (bicyclic) bond motifs is 6. The summed E-state index contributed by atoms with van der Waals surface area (Å²) in [7, 11) is 0. The highest BCUT2D eigenvalue weighted by Crippen LogP contribution is 2.44. The largest absolute Gasteiger partial charge is 0.454 e. The molecule has 3 aliphatic rings. The average Bonchev–Trinajstić information content (AvgIpc) is 3.39. The molecule has 0 radical (unpaired) electrons. The smallest absolute Gasteiger partial charge is 0.231 e. The highest BCUT2D eigenvalue weighted by atomic mass is 16.7. The molecule has 26 heavy (non-hydrogen) atoms. The Balaban J connectivity index is 1.61. The minimum absolute atomic E-state index is 0.282. The zero-order chi connectivity index (χ0) is 17.1. The van der Waals surface area contributed by atoms with Crippen LogP contribution in [-0.2, 0) is 6.54 Å².